The molecule has 1 aromatic carbocycles. The lowest BCUT2D eigenvalue weighted by Gasteiger charge is -2.27. The lowest BCUT2D eigenvalue weighted by molar-refractivity contribution is 0.253. The minimum absolute atomic E-state index is 0.435. The van der Waals surface area contributed by atoms with E-state index in [-0.39, 0.29) is 0 Å². The molecule has 1 aromatic rings. The molecule has 2 nitrogen and oxygen atoms in total. The second-order valence-electron chi connectivity index (χ2n) is 5.26. The van der Waals surface area contributed by atoms with Gasteiger partial charge in [0.25, 0.3) is 0 Å². The normalized spacial score (nSPS) is 14.7. The van der Waals surface area contributed by atoms with Crippen LogP contribution >= 0.6 is 0 Å². The minimum Gasteiger partial charge on any atom is -0.309 e. The van der Waals surface area contributed by atoms with Crippen molar-refractivity contribution >= 4 is 0 Å². The molecule has 0 radical (unpaired) electrons. The van der Waals surface area contributed by atoms with Crippen LogP contribution in [0.4, 0.5) is 0 Å². The lowest BCUT2D eigenvalue weighted by Crippen LogP contribution is -2.35. The summed E-state index contributed by atoms with van der Waals surface area (Å²) in [5.74, 6) is 0.771. The second-order valence-corrected chi connectivity index (χ2v) is 5.26. The molecule has 0 amide bonds. The maximum atomic E-state index is 3.58. The fourth-order valence-corrected chi connectivity index (χ4v) is 2.27. The van der Waals surface area contributed by atoms with Crippen molar-refractivity contribution in [3.8, 4) is 0 Å². The Labute approximate surface area is 112 Å². The minimum atomic E-state index is 0.435. The van der Waals surface area contributed by atoms with Crippen molar-refractivity contribution in [3.05, 3.63) is 35.9 Å². The van der Waals surface area contributed by atoms with Crippen molar-refractivity contribution in [1.82, 2.24) is 10.2 Å². The molecule has 2 atom stereocenters. The molecule has 2 unspecified atom stereocenters. The van der Waals surface area contributed by atoms with Gasteiger partial charge in [-0.25, -0.2) is 0 Å². The van der Waals surface area contributed by atoms with E-state index in [0.717, 1.165) is 19.0 Å². The fraction of sp³-hybridized carbons (Fsp3) is 0.625. The van der Waals surface area contributed by atoms with Crippen molar-refractivity contribution in [2.45, 2.75) is 33.2 Å². The Morgan fingerprint density at radius 2 is 1.78 bits per heavy atom. The molecule has 1 rings (SSSR count). The summed E-state index contributed by atoms with van der Waals surface area (Å²) in [6.45, 7) is 10.0. The standard InChI is InChI=1S/C16H28N2/c1-5-14(3)12-18(4)13-16(17-6-2)15-10-8-7-9-11-15/h7-11,14,16-17H,5-6,12-13H2,1-4H3. The molecular weight excluding hydrogens is 220 g/mol. The van der Waals surface area contributed by atoms with E-state index < -0.39 is 0 Å². The van der Waals surface area contributed by atoms with Crippen LogP contribution in [0, 0.1) is 5.92 Å². The van der Waals surface area contributed by atoms with Crippen LogP contribution in [-0.2, 0) is 0 Å². The number of nitrogens with one attached hydrogen (secondary N) is 1. The van der Waals surface area contributed by atoms with Gasteiger partial charge in [-0.15, -0.1) is 0 Å². The van der Waals surface area contributed by atoms with E-state index in [1.165, 1.54) is 18.5 Å². The average Bonchev–Trinajstić information content (AvgIpc) is 2.39. The maximum Gasteiger partial charge on any atom is 0.0449 e. The van der Waals surface area contributed by atoms with Gasteiger partial charge in [-0.2, -0.15) is 0 Å². The van der Waals surface area contributed by atoms with Gasteiger partial charge in [0.2, 0.25) is 0 Å². The Bertz CT molecular complexity index is 310. The van der Waals surface area contributed by atoms with E-state index in [2.05, 4.69) is 68.4 Å². The highest BCUT2D eigenvalue weighted by molar-refractivity contribution is 5.19. The maximum absolute atomic E-state index is 3.58. The Kier molecular flexibility index (Phi) is 6.99. The predicted molar refractivity (Wildman–Crippen MR) is 79.8 cm³/mol. The van der Waals surface area contributed by atoms with E-state index in [1.54, 1.807) is 0 Å². The van der Waals surface area contributed by atoms with Crippen molar-refractivity contribution in [2.75, 3.05) is 26.7 Å². The molecule has 102 valence electrons. The number of hydrogen-bond donors (Lipinski definition) is 1. The molecule has 0 heterocycles. The number of likely N-dealkylation sites (N-methyl/N-ethyl adjacent to an activating group) is 2. The van der Waals surface area contributed by atoms with Gasteiger partial charge in [-0.1, -0.05) is 57.5 Å². The van der Waals surface area contributed by atoms with Gasteiger partial charge in [0.1, 0.15) is 0 Å². The Hall–Kier alpha value is -0.860. The molecule has 0 aliphatic rings. The summed E-state index contributed by atoms with van der Waals surface area (Å²) < 4.78 is 0. The van der Waals surface area contributed by atoms with Crippen LogP contribution in [0.3, 0.4) is 0 Å². The fourth-order valence-electron chi connectivity index (χ4n) is 2.27. The summed E-state index contributed by atoms with van der Waals surface area (Å²) in [5.41, 5.74) is 1.38. The first-order chi connectivity index (χ1) is 8.67. The quantitative estimate of drug-likeness (QED) is 0.759. The molecule has 0 saturated heterocycles. The molecular formula is C16H28N2. The molecule has 0 aliphatic carbocycles. The van der Waals surface area contributed by atoms with Gasteiger partial charge in [0.15, 0.2) is 0 Å². The van der Waals surface area contributed by atoms with E-state index in [1.807, 2.05) is 0 Å². The highest BCUT2D eigenvalue weighted by Gasteiger charge is 2.13. The van der Waals surface area contributed by atoms with Crippen LogP contribution in [0.25, 0.3) is 0 Å². The van der Waals surface area contributed by atoms with Crippen LogP contribution in [0.2, 0.25) is 0 Å². The Balaban J connectivity index is 2.58. The summed E-state index contributed by atoms with van der Waals surface area (Å²) in [4.78, 5) is 2.44. The van der Waals surface area contributed by atoms with E-state index >= 15 is 0 Å². The van der Waals surface area contributed by atoms with Gasteiger partial charge < -0.3 is 10.2 Å². The number of nitrogens with zero attached hydrogens (tertiary/aromatic N) is 1. The van der Waals surface area contributed by atoms with Crippen LogP contribution in [0.5, 0.6) is 0 Å². The monoisotopic (exact) mass is 248 g/mol. The third kappa shape index (κ3) is 5.19. The smallest absolute Gasteiger partial charge is 0.0449 e. The molecule has 0 saturated carbocycles. The Morgan fingerprint density at radius 3 is 2.33 bits per heavy atom. The number of rotatable bonds is 8. The first kappa shape index (κ1) is 15.2. The summed E-state index contributed by atoms with van der Waals surface area (Å²) in [5, 5.41) is 3.58. The van der Waals surface area contributed by atoms with E-state index in [0.29, 0.717) is 6.04 Å². The molecule has 0 aromatic heterocycles. The van der Waals surface area contributed by atoms with Gasteiger partial charge >= 0.3 is 0 Å². The molecule has 0 spiro atoms. The lowest BCUT2D eigenvalue weighted by atomic mass is 10.0. The molecule has 0 bridgehead atoms. The van der Waals surface area contributed by atoms with Gasteiger partial charge in [-0.05, 0) is 25.1 Å². The summed E-state index contributed by atoms with van der Waals surface area (Å²) in [6, 6.07) is 11.2. The highest BCUT2D eigenvalue weighted by atomic mass is 15.1. The van der Waals surface area contributed by atoms with Crippen molar-refractivity contribution in [1.29, 1.82) is 0 Å². The molecule has 0 fully saturated rings. The average molecular weight is 248 g/mol. The zero-order valence-corrected chi connectivity index (χ0v) is 12.3. The van der Waals surface area contributed by atoms with Gasteiger partial charge in [0, 0.05) is 19.1 Å². The highest BCUT2D eigenvalue weighted by Crippen LogP contribution is 2.14. The summed E-state index contributed by atoms with van der Waals surface area (Å²) in [6.07, 6.45) is 1.25. The first-order valence-corrected chi connectivity index (χ1v) is 7.14. The summed E-state index contributed by atoms with van der Waals surface area (Å²) in [7, 11) is 2.22. The topological polar surface area (TPSA) is 15.3 Å². The SMILES string of the molecule is CCNC(CN(C)CC(C)CC)c1ccccc1. The second kappa shape index (κ2) is 8.28. The predicted octanol–water partition coefficient (Wildman–Crippen LogP) is 3.32. The number of hydrogen-bond acceptors (Lipinski definition) is 2. The summed E-state index contributed by atoms with van der Waals surface area (Å²) >= 11 is 0. The van der Waals surface area contributed by atoms with Crippen LogP contribution in [-0.4, -0.2) is 31.6 Å². The number of benzene rings is 1. The third-order valence-corrected chi connectivity index (χ3v) is 3.47. The first-order valence-electron chi connectivity index (χ1n) is 7.14. The van der Waals surface area contributed by atoms with Crippen LogP contribution in [0.15, 0.2) is 30.3 Å². The van der Waals surface area contributed by atoms with Crippen LogP contribution < -0.4 is 5.32 Å². The van der Waals surface area contributed by atoms with Crippen molar-refractivity contribution < 1.29 is 0 Å². The third-order valence-electron chi connectivity index (χ3n) is 3.47. The van der Waals surface area contributed by atoms with Crippen molar-refractivity contribution in [3.63, 3.8) is 0 Å². The molecule has 1 N–H and O–H groups in total. The molecule has 18 heavy (non-hydrogen) atoms. The zero-order chi connectivity index (χ0) is 13.4. The van der Waals surface area contributed by atoms with Gasteiger partial charge in [0.05, 0.1) is 0 Å². The zero-order valence-electron chi connectivity index (χ0n) is 12.3. The van der Waals surface area contributed by atoms with Gasteiger partial charge in [-0.3, -0.25) is 0 Å². The largest absolute Gasteiger partial charge is 0.309 e. The van der Waals surface area contributed by atoms with Crippen molar-refractivity contribution in [2.24, 2.45) is 5.92 Å². The van der Waals surface area contributed by atoms with E-state index in [9.17, 15) is 0 Å². The molecule has 0 aliphatic heterocycles. The Morgan fingerprint density at radius 1 is 1.11 bits per heavy atom. The molecule has 2 heteroatoms. The van der Waals surface area contributed by atoms with Crippen LogP contribution in [0.1, 0.15) is 38.8 Å². The van der Waals surface area contributed by atoms with E-state index in [4.69, 9.17) is 0 Å².